The molecule has 0 saturated carbocycles. The van der Waals surface area contributed by atoms with Gasteiger partial charge in [-0.15, -0.1) is 11.3 Å². The van der Waals surface area contributed by atoms with Crippen LogP contribution in [0.15, 0.2) is 41.8 Å². The highest BCUT2D eigenvalue weighted by Gasteiger charge is 2.28. The zero-order chi connectivity index (χ0) is 13.9. The fourth-order valence-electron chi connectivity index (χ4n) is 2.21. The summed E-state index contributed by atoms with van der Waals surface area (Å²) in [5, 5.41) is 2.09. The summed E-state index contributed by atoms with van der Waals surface area (Å²) in [6.45, 7) is 4.25. The second kappa shape index (κ2) is 5.85. The van der Waals surface area contributed by atoms with E-state index in [9.17, 15) is 4.39 Å². The molecule has 1 aromatic heterocycles. The number of hydrogen-bond acceptors (Lipinski definition) is 2. The lowest BCUT2D eigenvalue weighted by molar-refractivity contribution is 0.389. The van der Waals surface area contributed by atoms with Gasteiger partial charge < -0.3 is 5.73 Å². The number of hydrogen-bond donors (Lipinski definition) is 1. The average molecular weight is 277 g/mol. The summed E-state index contributed by atoms with van der Waals surface area (Å²) in [4.78, 5) is 1.37. The Morgan fingerprint density at radius 2 is 1.89 bits per heavy atom. The maximum atomic E-state index is 13.0. The number of aryl methyl sites for hydroxylation is 1. The molecular formula is C16H20FNS. The van der Waals surface area contributed by atoms with Gasteiger partial charge in [0.25, 0.3) is 0 Å². The predicted molar refractivity (Wildman–Crippen MR) is 80.0 cm³/mol. The molecule has 0 spiro atoms. The fourth-order valence-corrected chi connectivity index (χ4v) is 2.93. The summed E-state index contributed by atoms with van der Waals surface area (Å²) >= 11 is 1.77. The number of benzene rings is 1. The predicted octanol–water partition coefficient (Wildman–Crippen LogP) is 4.12. The first kappa shape index (κ1) is 14.2. The molecule has 1 atom stereocenters. The molecule has 19 heavy (non-hydrogen) atoms. The Balaban J connectivity index is 2.03. The van der Waals surface area contributed by atoms with E-state index < -0.39 is 0 Å². The van der Waals surface area contributed by atoms with Gasteiger partial charge in [-0.3, -0.25) is 0 Å². The Kier molecular flexibility index (Phi) is 4.38. The Labute approximate surface area is 118 Å². The first-order valence-corrected chi connectivity index (χ1v) is 7.42. The number of nitrogens with two attached hydrogens (primary N) is 1. The van der Waals surface area contributed by atoms with Crippen molar-refractivity contribution in [1.29, 1.82) is 0 Å². The monoisotopic (exact) mass is 277 g/mol. The molecule has 1 nitrogen and oxygen atoms in total. The molecule has 0 aliphatic heterocycles. The molecule has 2 rings (SSSR count). The van der Waals surface area contributed by atoms with Gasteiger partial charge in [0.1, 0.15) is 5.82 Å². The smallest absolute Gasteiger partial charge is 0.123 e. The summed E-state index contributed by atoms with van der Waals surface area (Å²) in [5.41, 5.74) is 7.29. The van der Waals surface area contributed by atoms with Crippen LogP contribution in [0, 0.1) is 5.82 Å². The van der Waals surface area contributed by atoms with Crippen molar-refractivity contribution in [2.45, 2.75) is 38.1 Å². The average Bonchev–Trinajstić information content (AvgIpc) is 2.89. The normalized spacial score (nSPS) is 13.5. The van der Waals surface area contributed by atoms with E-state index in [0.717, 1.165) is 18.4 Å². The molecule has 3 heteroatoms. The molecule has 1 heterocycles. The van der Waals surface area contributed by atoms with Crippen LogP contribution in [0.2, 0.25) is 0 Å². The summed E-state index contributed by atoms with van der Waals surface area (Å²) in [5.74, 6) is -0.202. The van der Waals surface area contributed by atoms with Gasteiger partial charge in [-0.25, -0.2) is 4.39 Å². The summed E-state index contributed by atoms with van der Waals surface area (Å²) in [6, 6.07) is 10.9. The first-order valence-electron chi connectivity index (χ1n) is 6.54. The van der Waals surface area contributed by atoms with Gasteiger partial charge in [0, 0.05) is 16.3 Å². The van der Waals surface area contributed by atoms with Gasteiger partial charge in [-0.05, 0) is 42.0 Å². The summed E-state index contributed by atoms with van der Waals surface area (Å²) in [7, 11) is 0. The maximum Gasteiger partial charge on any atom is 0.123 e. The lowest BCUT2D eigenvalue weighted by Crippen LogP contribution is -2.41. The maximum absolute atomic E-state index is 13.0. The van der Waals surface area contributed by atoms with Crippen molar-refractivity contribution in [1.82, 2.24) is 0 Å². The lowest BCUT2D eigenvalue weighted by atomic mass is 9.76. The highest BCUT2D eigenvalue weighted by Crippen LogP contribution is 2.29. The van der Waals surface area contributed by atoms with E-state index in [1.807, 2.05) is 12.1 Å². The Hall–Kier alpha value is -1.19. The molecule has 1 unspecified atom stereocenters. The molecule has 0 radical (unpaired) electrons. The third-order valence-corrected chi connectivity index (χ3v) is 4.73. The van der Waals surface area contributed by atoms with Crippen LogP contribution in [0.4, 0.5) is 4.39 Å². The van der Waals surface area contributed by atoms with Crippen LogP contribution < -0.4 is 5.73 Å². The Morgan fingerprint density at radius 1 is 1.21 bits per heavy atom. The van der Waals surface area contributed by atoms with E-state index >= 15 is 0 Å². The van der Waals surface area contributed by atoms with Crippen molar-refractivity contribution in [3.63, 3.8) is 0 Å². The van der Waals surface area contributed by atoms with Crippen LogP contribution in [-0.2, 0) is 11.8 Å². The van der Waals surface area contributed by atoms with E-state index in [1.54, 1.807) is 11.3 Å². The van der Waals surface area contributed by atoms with Crippen molar-refractivity contribution in [2.24, 2.45) is 5.73 Å². The van der Waals surface area contributed by atoms with Crippen molar-refractivity contribution in [3.05, 3.63) is 58.0 Å². The highest BCUT2D eigenvalue weighted by molar-refractivity contribution is 7.09. The fraction of sp³-hybridized carbons (Fsp3) is 0.375. The van der Waals surface area contributed by atoms with E-state index in [2.05, 4.69) is 31.4 Å². The minimum absolute atomic E-state index is 0.0556. The van der Waals surface area contributed by atoms with Gasteiger partial charge in [0.05, 0.1) is 0 Å². The van der Waals surface area contributed by atoms with Gasteiger partial charge in [0.15, 0.2) is 0 Å². The van der Waals surface area contributed by atoms with Gasteiger partial charge in [-0.1, -0.05) is 32.0 Å². The third kappa shape index (κ3) is 3.43. The molecule has 0 saturated heterocycles. The van der Waals surface area contributed by atoms with E-state index in [0.29, 0.717) is 0 Å². The molecule has 0 bridgehead atoms. The standard InChI is InChI=1S/C16H20FNS/c1-16(2,12-5-7-13(17)8-6-12)15(18)10-9-14-4-3-11-19-14/h3-8,11,15H,9-10,18H2,1-2H3. The zero-order valence-electron chi connectivity index (χ0n) is 11.4. The number of thiophene rings is 1. The van der Waals surface area contributed by atoms with Crippen molar-refractivity contribution in [2.75, 3.05) is 0 Å². The minimum atomic E-state index is -0.202. The topological polar surface area (TPSA) is 26.0 Å². The molecule has 2 N–H and O–H groups in total. The van der Waals surface area contributed by atoms with Crippen LogP contribution in [0.1, 0.15) is 30.7 Å². The van der Waals surface area contributed by atoms with Crippen LogP contribution in [0.25, 0.3) is 0 Å². The highest BCUT2D eigenvalue weighted by atomic mass is 32.1. The lowest BCUT2D eigenvalue weighted by Gasteiger charge is -2.32. The molecule has 102 valence electrons. The van der Waals surface area contributed by atoms with Crippen LogP contribution >= 0.6 is 11.3 Å². The Morgan fingerprint density at radius 3 is 2.47 bits per heavy atom. The second-order valence-electron chi connectivity index (χ2n) is 5.45. The minimum Gasteiger partial charge on any atom is -0.327 e. The molecule has 0 fully saturated rings. The van der Waals surface area contributed by atoms with Gasteiger partial charge in [0.2, 0.25) is 0 Å². The number of rotatable bonds is 5. The Bertz CT molecular complexity index is 502. The van der Waals surface area contributed by atoms with Crippen LogP contribution in [-0.4, -0.2) is 6.04 Å². The zero-order valence-corrected chi connectivity index (χ0v) is 12.2. The van der Waals surface area contributed by atoms with Crippen LogP contribution in [0.5, 0.6) is 0 Å². The summed E-state index contributed by atoms with van der Waals surface area (Å²) < 4.78 is 13.0. The first-order chi connectivity index (χ1) is 9.00. The SMILES string of the molecule is CC(C)(c1ccc(F)cc1)C(N)CCc1cccs1. The third-order valence-electron chi connectivity index (χ3n) is 3.80. The van der Waals surface area contributed by atoms with Crippen molar-refractivity contribution in [3.8, 4) is 0 Å². The molecule has 0 amide bonds. The molecular weight excluding hydrogens is 257 g/mol. The van der Waals surface area contributed by atoms with E-state index in [1.165, 1.54) is 17.0 Å². The largest absolute Gasteiger partial charge is 0.327 e. The van der Waals surface area contributed by atoms with E-state index in [4.69, 9.17) is 5.73 Å². The number of halogens is 1. The molecule has 0 aliphatic carbocycles. The molecule has 0 aliphatic rings. The van der Waals surface area contributed by atoms with E-state index in [-0.39, 0.29) is 17.3 Å². The summed E-state index contributed by atoms with van der Waals surface area (Å²) in [6.07, 6.45) is 1.94. The molecule has 2 aromatic rings. The second-order valence-corrected chi connectivity index (χ2v) is 6.49. The molecule has 1 aromatic carbocycles. The van der Waals surface area contributed by atoms with Crippen LogP contribution in [0.3, 0.4) is 0 Å². The van der Waals surface area contributed by atoms with Crippen molar-refractivity contribution >= 4 is 11.3 Å². The van der Waals surface area contributed by atoms with Crippen molar-refractivity contribution < 1.29 is 4.39 Å². The van der Waals surface area contributed by atoms with Gasteiger partial charge >= 0.3 is 0 Å². The quantitative estimate of drug-likeness (QED) is 0.874. The van der Waals surface area contributed by atoms with Gasteiger partial charge in [-0.2, -0.15) is 0 Å².